The van der Waals surface area contributed by atoms with Crippen molar-refractivity contribution in [1.29, 1.82) is 0 Å². The molecule has 0 amide bonds. The van der Waals surface area contributed by atoms with Crippen molar-refractivity contribution in [2.75, 3.05) is 0 Å². The van der Waals surface area contributed by atoms with E-state index in [2.05, 4.69) is 153 Å². The second-order valence-corrected chi connectivity index (χ2v) is 16.6. The minimum Gasteiger partial charge on any atom is -0.135 e. The van der Waals surface area contributed by atoms with E-state index in [0.717, 1.165) is 6.42 Å². The predicted octanol–water partition coefficient (Wildman–Crippen LogP) is 13.8. The Morgan fingerprint density at radius 1 is 0.490 bits per heavy atom. The minimum absolute atomic E-state index is 0.0274. The molecule has 11 rings (SSSR count). The smallest absolute Gasteiger partial charge is 0.0361 e. The van der Waals surface area contributed by atoms with Gasteiger partial charge in [-0.25, -0.2) is 0 Å². The molecule has 0 aliphatic heterocycles. The molecule has 1 atom stereocenters. The van der Waals surface area contributed by atoms with Crippen LogP contribution in [0.5, 0.6) is 0 Å². The summed E-state index contributed by atoms with van der Waals surface area (Å²) in [5.74, 6) is 0.288. The maximum atomic E-state index is 2.58. The number of hydrogen-bond donors (Lipinski definition) is 0. The fraction of sp³-hybridized carbons (Fsp3) is 0.106. The van der Waals surface area contributed by atoms with Crippen LogP contribution in [-0.4, -0.2) is 0 Å². The van der Waals surface area contributed by atoms with Crippen molar-refractivity contribution in [2.45, 2.75) is 31.6 Å². The molecule has 0 spiro atoms. The molecule has 0 saturated carbocycles. The van der Waals surface area contributed by atoms with E-state index in [0.29, 0.717) is 0 Å². The van der Waals surface area contributed by atoms with Gasteiger partial charge in [-0.2, -0.15) is 0 Å². The van der Waals surface area contributed by atoms with E-state index in [1.165, 1.54) is 102 Å². The van der Waals surface area contributed by atoms with Crippen LogP contribution in [0.15, 0.2) is 140 Å². The van der Waals surface area contributed by atoms with Crippen molar-refractivity contribution in [3.63, 3.8) is 0 Å². The van der Waals surface area contributed by atoms with Gasteiger partial charge in [0, 0.05) is 51.7 Å². The third-order valence-corrected chi connectivity index (χ3v) is 13.7. The second-order valence-electron chi connectivity index (χ2n) is 14.4. The molecule has 7 aromatic carbocycles. The van der Waals surface area contributed by atoms with Crippen molar-refractivity contribution < 1.29 is 0 Å². The highest BCUT2D eigenvalue weighted by Crippen LogP contribution is 2.54. The van der Waals surface area contributed by atoms with Crippen molar-refractivity contribution in [2.24, 2.45) is 0 Å². The molecule has 49 heavy (non-hydrogen) atoms. The van der Waals surface area contributed by atoms with Gasteiger partial charge in [-0.05, 0) is 104 Å². The molecule has 2 heterocycles. The number of benzene rings is 7. The lowest BCUT2D eigenvalue weighted by Gasteiger charge is -2.31. The van der Waals surface area contributed by atoms with Gasteiger partial charge < -0.3 is 0 Å². The van der Waals surface area contributed by atoms with Crippen molar-refractivity contribution in [3.8, 4) is 33.4 Å². The molecule has 0 N–H and O–H groups in total. The first-order valence-electron chi connectivity index (χ1n) is 17.3. The first-order valence-corrected chi connectivity index (χ1v) is 18.9. The molecular weight excluding hydrogens is 629 g/mol. The SMILES string of the molecule is CC1(C)c2ccccc2-c2cc3c(cc21)C(c1ccc2sc4cccc(-c5ccc6c(c5)sc5ccccc56)c4c2c1)Cc1ccccc1-3. The summed E-state index contributed by atoms with van der Waals surface area (Å²) in [6.07, 6.45) is 1.01. The number of hydrogen-bond acceptors (Lipinski definition) is 2. The summed E-state index contributed by atoms with van der Waals surface area (Å²) < 4.78 is 5.42. The fourth-order valence-electron chi connectivity index (χ4n) is 9.07. The third kappa shape index (κ3) is 3.90. The first kappa shape index (κ1) is 27.9. The topological polar surface area (TPSA) is 0 Å². The van der Waals surface area contributed by atoms with Gasteiger partial charge in [-0.15, -0.1) is 22.7 Å². The summed E-state index contributed by atoms with van der Waals surface area (Å²) in [6.45, 7) is 4.80. The second kappa shape index (κ2) is 10.0. The molecule has 0 radical (unpaired) electrons. The molecule has 0 fully saturated rings. The average molecular weight is 661 g/mol. The summed E-state index contributed by atoms with van der Waals surface area (Å²) in [6, 6.07) is 53.3. The van der Waals surface area contributed by atoms with Crippen LogP contribution in [0.25, 0.3) is 73.7 Å². The molecular formula is C47H32S2. The summed E-state index contributed by atoms with van der Waals surface area (Å²) in [5.41, 5.74) is 15.4. The highest BCUT2D eigenvalue weighted by atomic mass is 32.1. The van der Waals surface area contributed by atoms with Gasteiger partial charge in [0.1, 0.15) is 0 Å². The van der Waals surface area contributed by atoms with E-state index >= 15 is 0 Å². The predicted molar refractivity (Wildman–Crippen MR) is 213 cm³/mol. The minimum atomic E-state index is -0.0274. The molecule has 2 heteroatoms. The van der Waals surface area contributed by atoms with Crippen LogP contribution in [0.4, 0.5) is 0 Å². The van der Waals surface area contributed by atoms with Gasteiger partial charge in [0.2, 0.25) is 0 Å². The van der Waals surface area contributed by atoms with Crippen LogP contribution in [0.3, 0.4) is 0 Å². The summed E-state index contributed by atoms with van der Waals surface area (Å²) >= 11 is 3.82. The Hall–Kier alpha value is -5.02. The van der Waals surface area contributed by atoms with Crippen LogP contribution in [0.1, 0.15) is 47.6 Å². The summed E-state index contributed by atoms with van der Waals surface area (Å²) in [5, 5.41) is 5.46. The first-order chi connectivity index (χ1) is 24.0. The van der Waals surface area contributed by atoms with Crippen LogP contribution in [-0.2, 0) is 11.8 Å². The Labute approximate surface area is 293 Å². The van der Waals surface area contributed by atoms with E-state index in [1.54, 1.807) is 0 Å². The van der Waals surface area contributed by atoms with Gasteiger partial charge in [0.15, 0.2) is 0 Å². The van der Waals surface area contributed by atoms with E-state index in [4.69, 9.17) is 0 Å². The van der Waals surface area contributed by atoms with Crippen LogP contribution < -0.4 is 0 Å². The molecule has 232 valence electrons. The van der Waals surface area contributed by atoms with Crippen LogP contribution >= 0.6 is 22.7 Å². The average Bonchev–Trinajstić information content (AvgIpc) is 3.77. The normalized spacial score (nSPS) is 15.8. The van der Waals surface area contributed by atoms with Gasteiger partial charge in [0.25, 0.3) is 0 Å². The number of fused-ring (bicyclic) bond motifs is 12. The maximum Gasteiger partial charge on any atom is 0.0361 e. The van der Waals surface area contributed by atoms with E-state index in [1.807, 2.05) is 22.7 Å². The Kier molecular flexibility index (Phi) is 5.70. The molecule has 0 nitrogen and oxygen atoms in total. The standard InChI is InChI=1S/C47H32S2/c1-47(2)40-15-7-5-12-32(40)38-25-36-30-11-4-3-10-27(30)22-35(37(36)26-41(38)47)28-19-21-43-39(23-28)46-31(14-9-17-44(46)48-43)29-18-20-34-33-13-6-8-16-42(33)49-45(34)24-29/h3-21,23-26,35H,22H2,1-2H3. The number of thiophene rings is 2. The largest absolute Gasteiger partial charge is 0.135 e. The highest BCUT2D eigenvalue weighted by molar-refractivity contribution is 7.26. The number of rotatable bonds is 2. The molecule has 2 aromatic heterocycles. The molecule has 0 saturated heterocycles. The van der Waals surface area contributed by atoms with Crippen LogP contribution in [0.2, 0.25) is 0 Å². The zero-order valence-corrected chi connectivity index (χ0v) is 29.0. The van der Waals surface area contributed by atoms with Gasteiger partial charge >= 0.3 is 0 Å². The maximum absolute atomic E-state index is 2.58. The van der Waals surface area contributed by atoms with Gasteiger partial charge in [0.05, 0.1) is 0 Å². The molecule has 9 aromatic rings. The zero-order chi connectivity index (χ0) is 32.4. The molecule has 2 aliphatic rings. The third-order valence-electron chi connectivity index (χ3n) is 11.5. The highest BCUT2D eigenvalue weighted by Gasteiger charge is 2.38. The summed E-state index contributed by atoms with van der Waals surface area (Å²) in [4.78, 5) is 0. The quantitative estimate of drug-likeness (QED) is 0.173. The molecule has 2 aliphatic carbocycles. The van der Waals surface area contributed by atoms with E-state index in [9.17, 15) is 0 Å². The Morgan fingerprint density at radius 2 is 1.22 bits per heavy atom. The van der Waals surface area contributed by atoms with E-state index in [-0.39, 0.29) is 11.3 Å². The van der Waals surface area contributed by atoms with E-state index < -0.39 is 0 Å². The lowest BCUT2D eigenvalue weighted by molar-refractivity contribution is 0.657. The lowest BCUT2D eigenvalue weighted by atomic mass is 9.72. The zero-order valence-electron chi connectivity index (χ0n) is 27.4. The fourth-order valence-corrected chi connectivity index (χ4v) is 11.3. The van der Waals surface area contributed by atoms with Gasteiger partial charge in [-0.1, -0.05) is 117 Å². The Balaban J connectivity index is 1.11. The van der Waals surface area contributed by atoms with Crippen LogP contribution in [0, 0.1) is 0 Å². The van der Waals surface area contributed by atoms with Crippen molar-refractivity contribution in [1.82, 2.24) is 0 Å². The molecule has 1 unspecified atom stereocenters. The Morgan fingerprint density at radius 3 is 2.16 bits per heavy atom. The van der Waals surface area contributed by atoms with Gasteiger partial charge in [-0.3, -0.25) is 0 Å². The van der Waals surface area contributed by atoms with Crippen molar-refractivity contribution >= 4 is 63.0 Å². The summed E-state index contributed by atoms with van der Waals surface area (Å²) in [7, 11) is 0. The monoisotopic (exact) mass is 660 g/mol. The Bertz CT molecular complexity index is 2840. The van der Waals surface area contributed by atoms with Crippen molar-refractivity contribution in [3.05, 3.63) is 167 Å². The lowest BCUT2D eigenvalue weighted by Crippen LogP contribution is -2.18. The molecule has 0 bridgehead atoms.